The number of hydrogen-bond acceptors (Lipinski definition) is 2. The first kappa shape index (κ1) is 12.5. The highest BCUT2D eigenvalue weighted by molar-refractivity contribution is 14.1. The number of H-pyrrole nitrogens is 1. The summed E-state index contributed by atoms with van der Waals surface area (Å²) in [4.78, 5) is 14.6. The lowest BCUT2D eigenvalue weighted by atomic mass is 10.1. The molecule has 5 heteroatoms. The third-order valence-electron chi connectivity index (χ3n) is 2.20. The van der Waals surface area contributed by atoms with Gasteiger partial charge in [0, 0.05) is 22.4 Å². The topological polar surface area (TPSA) is 65.1 Å². The zero-order valence-electron chi connectivity index (χ0n) is 8.59. The number of amides is 1. The number of carbonyl (C=O) groups is 1. The molecule has 1 atom stereocenters. The molecule has 4 nitrogen and oxygen atoms in total. The number of aliphatic hydroxyl groups excluding tert-OH is 1. The van der Waals surface area contributed by atoms with E-state index in [0.717, 1.165) is 9.99 Å². The van der Waals surface area contributed by atoms with Crippen LogP contribution in [-0.4, -0.2) is 28.6 Å². The quantitative estimate of drug-likeness (QED) is 0.720. The van der Waals surface area contributed by atoms with Crippen LogP contribution in [-0.2, 0) is 0 Å². The van der Waals surface area contributed by atoms with E-state index >= 15 is 0 Å². The number of rotatable bonds is 5. The second-order valence-electron chi connectivity index (χ2n) is 3.32. The summed E-state index contributed by atoms with van der Waals surface area (Å²) in [5.41, 5.74) is 0.566. The third-order valence-corrected chi connectivity index (χ3v) is 2.82. The summed E-state index contributed by atoms with van der Waals surface area (Å²) >= 11 is 2.14. The summed E-state index contributed by atoms with van der Waals surface area (Å²) in [5.74, 6) is -0.113. The van der Waals surface area contributed by atoms with Gasteiger partial charge in [0.05, 0.1) is 0 Å². The summed E-state index contributed by atoms with van der Waals surface area (Å²) in [7, 11) is 0. The maximum atomic E-state index is 11.7. The van der Waals surface area contributed by atoms with Crippen LogP contribution >= 0.6 is 22.6 Å². The molecule has 1 amide bonds. The van der Waals surface area contributed by atoms with Gasteiger partial charge in [-0.25, -0.2) is 0 Å². The van der Waals surface area contributed by atoms with Crippen molar-refractivity contribution in [1.29, 1.82) is 0 Å². The molecule has 0 saturated heterocycles. The van der Waals surface area contributed by atoms with Crippen molar-refractivity contribution in [3.05, 3.63) is 21.5 Å². The van der Waals surface area contributed by atoms with E-state index in [0.29, 0.717) is 12.1 Å². The van der Waals surface area contributed by atoms with Crippen LogP contribution in [0.5, 0.6) is 0 Å². The van der Waals surface area contributed by atoms with E-state index in [1.54, 1.807) is 12.3 Å². The number of halogens is 1. The molecule has 0 saturated carbocycles. The monoisotopic (exact) mass is 322 g/mol. The van der Waals surface area contributed by atoms with Crippen molar-refractivity contribution >= 4 is 28.5 Å². The molecule has 1 aromatic rings. The van der Waals surface area contributed by atoms with Crippen LogP contribution in [0.3, 0.4) is 0 Å². The van der Waals surface area contributed by atoms with Gasteiger partial charge in [-0.05, 0) is 41.5 Å². The normalized spacial score (nSPS) is 12.5. The Bertz CT molecular complexity index is 325. The lowest BCUT2D eigenvalue weighted by molar-refractivity contribution is 0.0924. The van der Waals surface area contributed by atoms with Crippen LogP contribution in [0, 0.1) is 3.57 Å². The molecule has 0 radical (unpaired) electrons. The second kappa shape index (κ2) is 6.12. The highest BCUT2D eigenvalue weighted by Crippen LogP contribution is 2.07. The smallest absolute Gasteiger partial charge is 0.267 e. The second-order valence-corrected chi connectivity index (χ2v) is 4.57. The van der Waals surface area contributed by atoms with Gasteiger partial charge in [-0.2, -0.15) is 0 Å². The molecule has 1 heterocycles. The van der Waals surface area contributed by atoms with Gasteiger partial charge < -0.3 is 15.4 Å². The Kier molecular flexibility index (Phi) is 5.10. The minimum absolute atomic E-state index is 0.0449. The highest BCUT2D eigenvalue weighted by Gasteiger charge is 2.12. The molecule has 1 rings (SSSR count). The van der Waals surface area contributed by atoms with E-state index in [2.05, 4.69) is 32.9 Å². The SMILES string of the molecule is CCC(CCO)NC(=O)c1cc(I)c[nH]1. The largest absolute Gasteiger partial charge is 0.396 e. The van der Waals surface area contributed by atoms with Gasteiger partial charge in [-0.1, -0.05) is 6.92 Å². The molecule has 0 aromatic carbocycles. The molecule has 0 aliphatic rings. The fourth-order valence-electron chi connectivity index (χ4n) is 1.30. The van der Waals surface area contributed by atoms with Crippen molar-refractivity contribution in [3.63, 3.8) is 0 Å². The van der Waals surface area contributed by atoms with Gasteiger partial charge in [-0.15, -0.1) is 0 Å². The van der Waals surface area contributed by atoms with Crippen LogP contribution in [0.2, 0.25) is 0 Å². The lowest BCUT2D eigenvalue weighted by Gasteiger charge is -2.14. The minimum atomic E-state index is -0.113. The van der Waals surface area contributed by atoms with E-state index in [1.807, 2.05) is 6.92 Å². The molecule has 84 valence electrons. The molecule has 0 aliphatic carbocycles. The van der Waals surface area contributed by atoms with Gasteiger partial charge in [0.15, 0.2) is 0 Å². The van der Waals surface area contributed by atoms with Gasteiger partial charge in [0.25, 0.3) is 5.91 Å². The fourth-order valence-corrected chi connectivity index (χ4v) is 1.76. The van der Waals surface area contributed by atoms with Crippen molar-refractivity contribution in [2.75, 3.05) is 6.61 Å². The molecule has 0 bridgehead atoms. The molecule has 3 N–H and O–H groups in total. The Hall–Kier alpha value is -0.560. The summed E-state index contributed by atoms with van der Waals surface area (Å²) in [6, 6.07) is 1.84. The molecule has 0 fully saturated rings. The highest BCUT2D eigenvalue weighted by atomic mass is 127. The number of carbonyl (C=O) groups excluding carboxylic acids is 1. The number of nitrogens with one attached hydrogen (secondary N) is 2. The van der Waals surface area contributed by atoms with Gasteiger partial charge >= 0.3 is 0 Å². The number of hydrogen-bond donors (Lipinski definition) is 3. The zero-order chi connectivity index (χ0) is 11.3. The molecule has 1 unspecified atom stereocenters. The predicted octanol–water partition coefficient (Wildman–Crippen LogP) is 1.51. The third kappa shape index (κ3) is 3.83. The van der Waals surface area contributed by atoms with Gasteiger partial charge in [0.2, 0.25) is 0 Å². The van der Waals surface area contributed by atoms with Crippen LogP contribution in [0.15, 0.2) is 12.3 Å². The van der Waals surface area contributed by atoms with E-state index in [4.69, 9.17) is 5.11 Å². The maximum Gasteiger partial charge on any atom is 0.267 e. The molecular formula is C10H15IN2O2. The van der Waals surface area contributed by atoms with Crippen LogP contribution < -0.4 is 5.32 Å². The summed E-state index contributed by atoms with van der Waals surface area (Å²) in [5, 5.41) is 11.7. The zero-order valence-corrected chi connectivity index (χ0v) is 10.7. The molecule has 0 spiro atoms. The Morgan fingerprint density at radius 2 is 2.47 bits per heavy atom. The minimum Gasteiger partial charge on any atom is -0.396 e. The first-order chi connectivity index (χ1) is 7.17. The van der Waals surface area contributed by atoms with Gasteiger partial charge in [-0.3, -0.25) is 4.79 Å². The van der Waals surface area contributed by atoms with Crippen LogP contribution in [0.1, 0.15) is 30.3 Å². The predicted molar refractivity (Wildman–Crippen MR) is 66.8 cm³/mol. The van der Waals surface area contributed by atoms with E-state index < -0.39 is 0 Å². The summed E-state index contributed by atoms with van der Waals surface area (Å²) < 4.78 is 1.01. The van der Waals surface area contributed by atoms with E-state index in [9.17, 15) is 4.79 Å². The molecule has 1 aromatic heterocycles. The van der Waals surface area contributed by atoms with Crippen molar-refractivity contribution in [2.24, 2.45) is 0 Å². The van der Waals surface area contributed by atoms with E-state index in [-0.39, 0.29) is 18.6 Å². The molecular weight excluding hydrogens is 307 g/mol. The molecule has 15 heavy (non-hydrogen) atoms. The van der Waals surface area contributed by atoms with Crippen LogP contribution in [0.25, 0.3) is 0 Å². The van der Waals surface area contributed by atoms with Crippen molar-refractivity contribution < 1.29 is 9.90 Å². The number of aliphatic hydroxyl groups is 1. The Labute approximate surface area is 103 Å². The first-order valence-electron chi connectivity index (χ1n) is 4.93. The molecule has 0 aliphatic heterocycles. The summed E-state index contributed by atoms with van der Waals surface area (Å²) in [6.45, 7) is 2.08. The lowest BCUT2D eigenvalue weighted by Crippen LogP contribution is -2.35. The number of aromatic amines is 1. The average molecular weight is 322 g/mol. The Morgan fingerprint density at radius 1 is 1.73 bits per heavy atom. The first-order valence-corrected chi connectivity index (χ1v) is 6.01. The standard InChI is InChI=1S/C10H15IN2O2/c1-2-8(3-4-14)13-10(15)9-5-7(11)6-12-9/h5-6,8,12,14H,2-4H2,1H3,(H,13,15). The fraction of sp³-hybridized carbons (Fsp3) is 0.500. The van der Waals surface area contributed by atoms with Gasteiger partial charge in [0.1, 0.15) is 5.69 Å². The average Bonchev–Trinajstić information content (AvgIpc) is 2.64. The Balaban J connectivity index is 2.54. The maximum absolute atomic E-state index is 11.7. The van der Waals surface area contributed by atoms with Crippen molar-refractivity contribution in [3.8, 4) is 0 Å². The summed E-state index contributed by atoms with van der Waals surface area (Å²) in [6.07, 6.45) is 3.20. The Morgan fingerprint density at radius 3 is 2.93 bits per heavy atom. The van der Waals surface area contributed by atoms with E-state index in [1.165, 1.54) is 0 Å². The number of aromatic nitrogens is 1. The van der Waals surface area contributed by atoms with Crippen molar-refractivity contribution in [1.82, 2.24) is 10.3 Å². The van der Waals surface area contributed by atoms with Crippen LogP contribution in [0.4, 0.5) is 0 Å². The van der Waals surface area contributed by atoms with Crippen molar-refractivity contribution in [2.45, 2.75) is 25.8 Å².